The van der Waals surface area contributed by atoms with Crippen LogP contribution in [0.5, 0.6) is 0 Å². The van der Waals surface area contributed by atoms with Gasteiger partial charge in [-0.05, 0) is 0 Å². The molecule has 4 N–H and O–H groups in total. The number of H-pyrrole nitrogens is 1. The number of aromatic amines is 1. The van der Waals surface area contributed by atoms with Crippen molar-refractivity contribution in [3.05, 3.63) is 22.5 Å². The van der Waals surface area contributed by atoms with Crippen LogP contribution in [0.25, 0.3) is 0 Å². The Bertz CT molecular complexity index is 367. The standard InChI is InChI=1S/C9H14N4O/c10-9-5-8(14)7(6-12-9)13-3-1-11-2-4-13/h5-6,11H,1-4H2,(H3,10,12,14). The van der Waals surface area contributed by atoms with E-state index in [2.05, 4.69) is 15.2 Å². The van der Waals surface area contributed by atoms with E-state index in [9.17, 15) is 4.79 Å². The maximum atomic E-state index is 11.6. The van der Waals surface area contributed by atoms with Crippen LogP contribution in [0.4, 0.5) is 11.5 Å². The Morgan fingerprint density at radius 2 is 2.07 bits per heavy atom. The number of nitrogens with one attached hydrogen (secondary N) is 2. The molecule has 0 saturated carbocycles. The molecular formula is C9H14N4O. The second-order valence-electron chi connectivity index (χ2n) is 3.37. The maximum absolute atomic E-state index is 11.6. The number of piperazine rings is 1. The van der Waals surface area contributed by atoms with Crippen LogP contribution < -0.4 is 21.4 Å². The highest BCUT2D eigenvalue weighted by molar-refractivity contribution is 5.48. The Morgan fingerprint density at radius 3 is 2.71 bits per heavy atom. The zero-order chi connectivity index (χ0) is 9.97. The summed E-state index contributed by atoms with van der Waals surface area (Å²) in [4.78, 5) is 16.5. The zero-order valence-corrected chi connectivity index (χ0v) is 7.92. The molecule has 0 amide bonds. The van der Waals surface area contributed by atoms with Gasteiger partial charge in [-0.2, -0.15) is 0 Å². The summed E-state index contributed by atoms with van der Waals surface area (Å²) in [5.41, 5.74) is 6.17. The number of nitrogens with two attached hydrogens (primary N) is 1. The van der Waals surface area contributed by atoms with Gasteiger partial charge in [0.25, 0.3) is 0 Å². The molecule has 1 fully saturated rings. The summed E-state index contributed by atoms with van der Waals surface area (Å²) in [6.07, 6.45) is 1.68. The number of nitrogens with zero attached hydrogens (tertiary/aromatic N) is 1. The predicted octanol–water partition coefficient (Wildman–Crippen LogP) is -0.633. The molecule has 0 aromatic carbocycles. The lowest BCUT2D eigenvalue weighted by Crippen LogP contribution is -2.45. The summed E-state index contributed by atoms with van der Waals surface area (Å²) < 4.78 is 0. The fraction of sp³-hybridized carbons (Fsp3) is 0.444. The van der Waals surface area contributed by atoms with Crippen LogP contribution in [-0.2, 0) is 0 Å². The normalized spacial score (nSPS) is 17.0. The minimum absolute atomic E-state index is 0.0110. The Labute approximate surface area is 81.9 Å². The first kappa shape index (κ1) is 9.08. The molecule has 1 saturated heterocycles. The van der Waals surface area contributed by atoms with Gasteiger partial charge in [0, 0.05) is 38.4 Å². The molecule has 1 aliphatic heterocycles. The lowest BCUT2D eigenvalue weighted by Gasteiger charge is -2.28. The van der Waals surface area contributed by atoms with Crippen molar-refractivity contribution in [2.45, 2.75) is 0 Å². The van der Waals surface area contributed by atoms with Crippen molar-refractivity contribution < 1.29 is 0 Å². The highest BCUT2D eigenvalue weighted by Gasteiger charge is 2.12. The summed E-state index contributed by atoms with van der Waals surface area (Å²) in [6.45, 7) is 3.58. The molecule has 14 heavy (non-hydrogen) atoms. The number of aromatic nitrogens is 1. The Kier molecular flexibility index (Phi) is 2.41. The maximum Gasteiger partial charge on any atom is 0.206 e. The highest BCUT2D eigenvalue weighted by atomic mass is 16.1. The van der Waals surface area contributed by atoms with Crippen LogP contribution in [0, 0.1) is 0 Å². The van der Waals surface area contributed by atoms with Crippen molar-refractivity contribution in [2.24, 2.45) is 0 Å². The monoisotopic (exact) mass is 194 g/mol. The van der Waals surface area contributed by atoms with Gasteiger partial charge in [0.05, 0.1) is 0 Å². The Morgan fingerprint density at radius 1 is 1.36 bits per heavy atom. The minimum Gasteiger partial charge on any atom is -0.385 e. The molecule has 5 heteroatoms. The van der Waals surface area contributed by atoms with E-state index < -0.39 is 0 Å². The third-order valence-electron chi connectivity index (χ3n) is 2.37. The summed E-state index contributed by atoms with van der Waals surface area (Å²) in [7, 11) is 0. The zero-order valence-electron chi connectivity index (χ0n) is 7.92. The lowest BCUT2D eigenvalue weighted by molar-refractivity contribution is 0.588. The highest BCUT2D eigenvalue weighted by Crippen LogP contribution is 2.08. The average molecular weight is 194 g/mol. The van der Waals surface area contributed by atoms with Crippen molar-refractivity contribution in [3.63, 3.8) is 0 Å². The van der Waals surface area contributed by atoms with E-state index in [1.54, 1.807) is 6.20 Å². The summed E-state index contributed by atoms with van der Waals surface area (Å²) in [5.74, 6) is 0.411. The topological polar surface area (TPSA) is 74.2 Å². The smallest absolute Gasteiger partial charge is 0.206 e. The van der Waals surface area contributed by atoms with Crippen molar-refractivity contribution in [1.29, 1.82) is 0 Å². The molecule has 0 atom stereocenters. The number of hydrogen-bond donors (Lipinski definition) is 3. The van der Waals surface area contributed by atoms with Crippen LogP contribution in [-0.4, -0.2) is 31.2 Å². The number of nitrogen functional groups attached to an aromatic ring is 1. The molecule has 0 aliphatic carbocycles. The number of hydrogen-bond acceptors (Lipinski definition) is 4. The summed E-state index contributed by atoms with van der Waals surface area (Å²) in [5, 5.41) is 3.24. The second-order valence-corrected chi connectivity index (χ2v) is 3.37. The van der Waals surface area contributed by atoms with E-state index in [0.717, 1.165) is 26.2 Å². The largest absolute Gasteiger partial charge is 0.385 e. The van der Waals surface area contributed by atoms with Crippen LogP contribution in [0.2, 0.25) is 0 Å². The molecule has 0 spiro atoms. The molecule has 2 rings (SSSR count). The predicted molar refractivity (Wildman–Crippen MR) is 56.6 cm³/mol. The van der Waals surface area contributed by atoms with E-state index in [-0.39, 0.29) is 5.43 Å². The van der Waals surface area contributed by atoms with Gasteiger partial charge in [-0.15, -0.1) is 0 Å². The average Bonchev–Trinajstić information content (AvgIpc) is 2.19. The van der Waals surface area contributed by atoms with Gasteiger partial charge in [-0.25, -0.2) is 0 Å². The molecular weight excluding hydrogens is 180 g/mol. The molecule has 76 valence electrons. The van der Waals surface area contributed by atoms with Gasteiger partial charge in [-0.1, -0.05) is 0 Å². The van der Waals surface area contributed by atoms with Crippen LogP contribution in [0.3, 0.4) is 0 Å². The number of anilines is 2. The molecule has 1 aromatic rings. The van der Waals surface area contributed by atoms with Crippen molar-refractivity contribution in [3.8, 4) is 0 Å². The van der Waals surface area contributed by atoms with Crippen LogP contribution in [0.15, 0.2) is 17.1 Å². The molecule has 1 aromatic heterocycles. The van der Waals surface area contributed by atoms with Gasteiger partial charge in [-0.3, -0.25) is 4.79 Å². The number of rotatable bonds is 1. The molecule has 5 nitrogen and oxygen atoms in total. The van der Waals surface area contributed by atoms with E-state index in [0.29, 0.717) is 11.5 Å². The van der Waals surface area contributed by atoms with Gasteiger partial charge in [0.2, 0.25) is 5.43 Å². The number of pyridine rings is 1. The third kappa shape index (κ3) is 1.72. The fourth-order valence-corrected chi connectivity index (χ4v) is 1.63. The van der Waals surface area contributed by atoms with Gasteiger partial charge in [0.1, 0.15) is 11.5 Å². The third-order valence-corrected chi connectivity index (χ3v) is 2.37. The Balaban J connectivity index is 2.26. The first-order chi connectivity index (χ1) is 6.77. The lowest BCUT2D eigenvalue weighted by atomic mass is 10.3. The van der Waals surface area contributed by atoms with Crippen LogP contribution in [0.1, 0.15) is 0 Å². The van der Waals surface area contributed by atoms with E-state index in [4.69, 9.17) is 5.73 Å². The Hall–Kier alpha value is -1.49. The quantitative estimate of drug-likeness (QED) is 0.556. The van der Waals surface area contributed by atoms with Crippen molar-refractivity contribution in [2.75, 3.05) is 36.8 Å². The van der Waals surface area contributed by atoms with Crippen LogP contribution >= 0.6 is 0 Å². The van der Waals surface area contributed by atoms with Crippen molar-refractivity contribution in [1.82, 2.24) is 10.3 Å². The van der Waals surface area contributed by atoms with Gasteiger partial charge in [0.15, 0.2) is 0 Å². The summed E-state index contributed by atoms with van der Waals surface area (Å²) in [6, 6.07) is 1.43. The molecule has 0 unspecified atom stereocenters. The SMILES string of the molecule is Nc1cc(=O)c(N2CCNCC2)c[nH]1. The minimum atomic E-state index is -0.0110. The van der Waals surface area contributed by atoms with E-state index >= 15 is 0 Å². The molecule has 2 heterocycles. The second kappa shape index (κ2) is 3.71. The molecule has 0 bridgehead atoms. The van der Waals surface area contributed by atoms with E-state index in [1.165, 1.54) is 6.07 Å². The molecule has 1 aliphatic rings. The van der Waals surface area contributed by atoms with Gasteiger partial charge >= 0.3 is 0 Å². The fourth-order valence-electron chi connectivity index (χ4n) is 1.63. The van der Waals surface area contributed by atoms with Crippen molar-refractivity contribution >= 4 is 11.5 Å². The van der Waals surface area contributed by atoms with Gasteiger partial charge < -0.3 is 20.9 Å². The van der Waals surface area contributed by atoms with E-state index in [1.807, 2.05) is 0 Å². The first-order valence-electron chi connectivity index (χ1n) is 4.71. The molecule has 0 radical (unpaired) electrons. The first-order valence-corrected chi connectivity index (χ1v) is 4.71. The summed E-state index contributed by atoms with van der Waals surface area (Å²) >= 11 is 0.